The van der Waals surface area contributed by atoms with Gasteiger partial charge in [0, 0.05) is 37.1 Å². The monoisotopic (exact) mass is 893 g/mol. The van der Waals surface area contributed by atoms with Crippen molar-refractivity contribution in [2.45, 2.75) is 37.5 Å². The molecule has 1 radical (unpaired) electrons. The standard InChI is InChI=1S/C27H20F2NS.C14H16GeN.Ir/c1-16(2)9-17-7-8-30-24(10-17)19-13-23(18-11-20(28)15-21(29)12-18)27-22-5-3-4-6-25(22)31-26(27)14-19;1-15(2,3)13-9-10-14(16-11-13)12-7-5-4-6-8-12;/h3-8,10-13,15-16H,9H2,1-2H3;4-7,9-11H,1-3H3;/q2*-1;. The van der Waals surface area contributed by atoms with Crippen LogP contribution < -0.4 is 4.40 Å². The Balaban J connectivity index is 0.000000224. The molecule has 7 aromatic rings. The first kappa shape index (κ1) is 35.8. The van der Waals surface area contributed by atoms with E-state index < -0.39 is 24.9 Å². The van der Waals surface area contributed by atoms with E-state index in [-0.39, 0.29) is 20.1 Å². The first-order chi connectivity index (χ1) is 22.5. The summed E-state index contributed by atoms with van der Waals surface area (Å²) < 4.78 is 31.7. The smallest absolute Gasteiger partial charge is 0 e. The van der Waals surface area contributed by atoms with Gasteiger partial charge in [-0.25, -0.2) is 8.78 Å². The first-order valence-electron chi connectivity index (χ1n) is 15.8. The van der Waals surface area contributed by atoms with E-state index in [4.69, 9.17) is 0 Å². The molecule has 3 aromatic heterocycles. The van der Waals surface area contributed by atoms with Gasteiger partial charge in [0.15, 0.2) is 0 Å². The molecule has 0 amide bonds. The Morgan fingerprint density at radius 3 is 2.21 bits per heavy atom. The van der Waals surface area contributed by atoms with Gasteiger partial charge < -0.3 is 4.98 Å². The van der Waals surface area contributed by atoms with Crippen LogP contribution in [-0.2, 0) is 26.5 Å². The molecular formula is C41H36F2GeIrN2S-2. The topological polar surface area (TPSA) is 25.8 Å². The molecule has 4 aromatic carbocycles. The maximum atomic E-state index is 14.1. The zero-order valence-electron chi connectivity index (χ0n) is 27.6. The Hall–Kier alpha value is -3.55. The summed E-state index contributed by atoms with van der Waals surface area (Å²) >= 11 is -0.0841. The normalized spacial score (nSPS) is 11.3. The molecule has 7 rings (SSSR count). The van der Waals surface area contributed by atoms with Crippen molar-refractivity contribution in [3.63, 3.8) is 0 Å². The van der Waals surface area contributed by atoms with Crippen molar-refractivity contribution >= 4 is 49.2 Å². The molecule has 0 fully saturated rings. The van der Waals surface area contributed by atoms with Gasteiger partial charge in [0.1, 0.15) is 11.6 Å². The second kappa shape index (κ2) is 15.3. The van der Waals surface area contributed by atoms with Crippen LogP contribution >= 0.6 is 11.3 Å². The number of nitrogens with zero attached hydrogens (tertiary/aromatic N) is 2. The number of aromatic nitrogens is 2. The SMILES string of the molecule is CC(C)Cc1ccnc(-c2[c-]c3sc4ccccc4c3c(-c3cc(F)cc(F)c3)c2)c1.[CH3][Ge]([CH3])([CH3])[c]1ccc(-c2[c-]cccc2)nc1.[Ir]. The third-order valence-corrected chi connectivity index (χ3v) is 13.3. The van der Waals surface area contributed by atoms with Crippen molar-refractivity contribution in [1.82, 2.24) is 9.97 Å². The number of hydrogen-bond donors (Lipinski definition) is 0. The van der Waals surface area contributed by atoms with E-state index >= 15 is 0 Å². The molecule has 0 unspecified atom stereocenters. The number of benzene rings is 4. The van der Waals surface area contributed by atoms with Crippen molar-refractivity contribution in [3.05, 3.63) is 139 Å². The van der Waals surface area contributed by atoms with Crippen LogP contribution in [0, 0.1) is 29.7 Å². The molecule has 0 N–H and O–H groups in total. The van der Waals surface area contributed by atoms with E-state index in [1.165, 1.54) is 22.1 Å². The van der Waals surface area contributed by atoms with E-state index in [2.05, 4.69) is 77.5 Å². The largest absolute Gasteiger partial charge is 0 e. The molecule has 245 valence electrons. The van der Waals surface area contributed by atoms with Gasteiger partial charge in [0.25, 0.3) is 0 Å². The van der Waals surface area contributed by atoms with Crippen LogP contribution in [0.3, 0.4) is 0 Å². The Bertz CT molecular complexity index is 2140. The van der Waals surface area contributed by atoms with Crippen molar-refractivity contribution in [3.8, 4) is 33.6 Å². The molecule has 48 heavy (non-hydrogen) atoms. The summed E-state index contributed by atoms with van der Waals surface area (Å²) in [7, 11) is 0. The predicted molar refractivity (Wildman–Crippen MR) is 197 cm³/mol. The summed E-state index contributed by atoms with van der Waals surface area (Å²) in [5.41, 5.74) is 6.23. The maximum absolute atomic E-state index is 14.1. The molecular weight excluding hydrogens is 855 g/mol. The molecule has 0 bridgehead atoms. The number of rotatable bonds is 6. The third kappa shape index (κ3) is 8.35. The van der Waals surface area contributed by atoms with E-state index in [1.807, 2.05) is 67.0 Å². The molecule has 0 spiro atoms. The molecule has 0 saturated carbocycles. The molecule has 0 saturated heterocycles. The summed E-state index contributed by atoms with van der Waals surface area (Å²) in [5.74, 6) is 6.50. The fourth-order valence-electron chi connectivity index (χ4n) is 5.62. The molecule has 0 atom stereocenters. The number of fused-ring (bicyclic) bond motifs is 3. The van der Waals surface area contributed by atoms with Gasteiger partial charge >= 0.3 is 99.8 Å². The van der Waals surface area contributed by atoms with Crippen LogP contribution in [0.5, 0.6) is 0 Å². The van der Waals surface area contributed by atoms with Crippen molar-refractivity contribution in [2.24, 2.45) is 5.92 Å². The number of thiophene rings is 1. The average Bonchev–Trinajstić information content (AvgIpc) is 3.43. The van der Waals surface area contributed by atoms with Crippen molar-refractivity contribution in [1.29, 1.82) is 0 Å². The zero-order chi connectivity index (χ0) is 33.1. The van der Waals surface area contributed by atoms with Crippen LogP contribution in [0.4, 0.5) is 8.78 Å². The second-order valence-electron chi connectivity index (χ2n) is 13.2. The summed E-state index contributed by atoms with van der Waals surface area (Å²) in [6.07, 6.45) is 4.82. The van der Waals surface area contributed by atoms with E-state index in [0.29, 0.717) is 11.5 Å². The quantitative estimate of drug-likeness (QED) is 0.123. The van der Waals surface area contributed by atoms with Crippen LogP contribution in [0.1, 0.15) is 19.4 Å². The van der Waals surface area contributed by atoms with Gasteiger partial charge in [-0.15, -0.1) is 17.7 Å². The first-order valence-corrected chi connectivity index (χ1v) is 23.9. The minimum absolute atomic E-state index is 0. The maximum Gasteiger partial charge on any atom is 0 e. The number of halogens is 2. The fourth-order valence-corrected chi connectivity index (χ4v) is 8.92. The molecule has 7 heteroatoms. The molecule has 0 aliphatic heterocycles. The van der Waals surface area contributed by atoms with Gasteiger partial charge in [-0.1, -0.05) is 54.6 Å². The molecule has 0 aliphatic carbocycles. The Kier molecular flexibility index (Phi) is 11.4. The van der Waals surface area contributed by atoms with Crippen LogP contribution in [-0.4, -0.2) is 23.2 Å². The predicted octanol–water partition coefficient (Wildman–Crippen LogP) is 11.2. The van der Waals surface area contributed by atoms with Gasteiger partial charge in [-0.2, -0.15) is 11.3 Å². The summed E-state index contributed by atoms with van der Waals surface area (Å²) in [4.78, 5) is 9.10. The minimum Gasteiger partial charge on any atom is 0 e. The molecule has 0 aliphatic rings. The van der Waals surface area contributed by atoms with Crippen molar-refractivity contribution in [2.75, 3.05) is 0 Å². The summed E-state index contributed by atoms with van der Waals surface area (Å²) in [6, 6.07) is 36.8. The zero-order valence-corrected chi connectivity index (χ0v) is 32.9. The fraction of sp³-hybridized carbons (Fsp3) is 0.171. The van der Waals surface area contributed by atoms with Gasteiger partial charge in [0.2, 0.25) is 0 Å². The average molecular weight is 892 g/mol. The Labute approximate surface area is 302 Å². The van der Waals surface area contributed by atoms with E-state index in [0.717, 1.165) is 60.7 Å². The van der Waals surface area contributed by atoms with E-state index in [1.54, 1.807) is 11.3 Å². The summed E-state index contributed by atoms with van der Waals surface area (Å²) in [6.45, 7) is 4.37. The number of hydrogen-bond acceptors (Lipinski definition) is 3. The van der Waals surface area contributed by atoms with Crippen LogP contribution in [0.2, 0.25) is 17.3 Å². The minimum atomic E-state index is -1.72. The van der Waals surface area contributed by atoms with E-state index in [9.17, 15) is 8.78 Å². The van der Waals surface area contributed by atoms with Gasteiger partial charge in [0.05, 0.1) is 0 Å². The van der Waals surface area contributed by atoms with Crippen molar-refractivity contribution < 1.29 is 28.9 Å². The summed E-state index contributed by atoms with van der Waals surface area (Å²) in [5, 5.41) is 2.03. The van der Waals surface area contributed by atoms with Crippen LogP contribution in [0.25, 0.3) is 53.8 Å². The molecule has 3 heterocycles. The Morgan fingerprint density at radius 1 is 0.792 bits per heavy atom. The number of pyridine rings is 2. The van der Waals surface area contributed by atoms with Gasteiger partial charge in [-0.05, 0) is 57.9 Å². The van der Waals surface area contributed by atoms with Gasteiger partial charge in [-0.3, -0.25) is 0 Å². The Morgan fingerprint density at radius 2 is 1.54 bits per heavy atom. The van der Waals surface area contributed by atoms with Crippen LogP contribution in [0.15, 0.2) is 109 Å². The second-order valence-corrected chi connectivity index (χ2v) is 24.9. The molecule has 2 nitrogen and oxygen atoms in total. The third-order valence-electron chi connectivity index (χ3n) is 7.93.